The first-order valence-electron chi connectivity index (χ1n) is 4.04. The molecule has 1 heterocycles. The molecule has 1 aromatic carbocycles. The Morgan fingerprint density at radius 2 is 2.14 bits per heavy atom. The smallest absolute Gasteiger partial charge is 0.148 e. The third kappa shape index (κ3) is 1.27. The van der Waals surface area contributed by atoms with Crippen LogP contribution in [-0.4, -0.2) is 0 Å². The molecule has 0 spiro atoms. The minimum Gasteiger partial charge on any atom is -0.472 e. The maximum Gasteiger partial charge on any atom is 0.148 e. The van der Waals surface area contributed by atoms with Gasteiger partial charge in [-0.2, -0.15) is 5.26 Å². The Morgan fingerprint density at radius 3 is 2.79 bits per heavy atom. The fraction of sp³-hybridized carbons (Fsp3) is 0. The van der Waals surface area contributed by atoms with Gasteiger partial charge in [-0.25, -0.2) is 4.39 Å². The van der Waals surface area contributed by atoms with Gasteiger partial charge in [0, 0.05) is 11.1 Å². The average molecular weight is 187 g/mol. The molecule has 0 saturated carbocycles. The monoisotopic (exact) mass is 187 g/mol. The van der Waals surface area contributed by atoms with Crippen LogP contribution in [0.4, 0.5) is 4.39 Å². The highest BCUT2D eigenvalue weighted by atomic mass is 19.1. The van der Waals surface area contributed by atoms with Crippen LogP contribution in [0, 0.1) is 17.1 Å². The number of nitriles is 1. The van der Waals surface area contributed by atoms with Gasteiger partial charge in [0.25, 0.3) is 0 Å². The van der Waals surface area contributed by atoms with Crippen molar-refractivity contribution in [2.75, 3.05) is 0 Å². The maximum absolute atomic E-state index is 13.6. The van der Waals surface area contributed by atoms with Gasteiger partial charge in [0.05, 0.1) is 18.1 Å². The van der Waals surface area contributed by atoms with Gasteiger partial charge in [-0.15, -0.1) is 0 Å². The SMILES string of the molecule is N#Cc1cccc(-c2ccoc2)c1F. The summed E-state index contributed by atoms with van der Waals surface area (Å²) >= 11 is 0. The van der Waals surface area contributed by atoms with Crippen LogP contribution in [0.15, 0.2) is 41.2 Å². The second kappa shape index (κ2) is 3.35. The van der Waals surface area contributed by atoms with E-state index in [-0.39, 0.29) is 5.56 Å². The molecule has 0 fully saturated rings. The quantitative estimate of drug-likeness (QED) is 0.688. The van der Waals surface area contributed by atoms with Crippen molar-refractivity contribution in [2.24, 2.45) is 0 Å². The highest BCUT2D eigenvalue weighted by Gasteiger charge is 2.09. The summed E-state index contributed by atoms with van der Waals surface area (Å²) in [5, 5.41) is 8.63. The molecule has 3 heteroatoms. The van der Waals surface area contributed by atoms with Gasteiger partial charge in [0.2, 0.25) is 0 Å². The molecule has 0 aliphatic heterocycles. The second-order valence-electron chi connectivity index (χ2n) is 2.79. The fourth-order valence-electron chi connectivity index (χ4n) is 1.26. The zero-order chi connectivity index (χ0) is 9.97. The minimum atomic E-state index is -0.503. The third-order valence-electron chi connectivity index (χ3n) is 1.95. The van der Waals surface area contributed by atoms with E-state index in [1.807, 2.05) is 0 Å². The van der Waals surface area contributed by atoms with Crippen molar-refractivity contribution in [3.63, 3.8) is 0 Å². The number of hydrogen-bond donors (Lipinski definition) is 0. The van der Waals surface area contributed by atoms with E-state index < -0.39 is 5.82 Å². The number of rotatable bonds is 1. The third-order valence-corrected chi connectivity index (χ3v) is 1.95. The molecule has 2 rings (SSSR count). The van der Waals surface area contributed by atoms with Gasteiger partial charge in [-0.05, 0) is 12.1 Å². The standard InChI is InChI=1S/C11H6FNO/c12-11-8(6-13)2-1-3-10(11)9-4-5-14-7-9/h1-5,7H. The Morgan fingerprint density at radius 1 is 1.29 bits per heavy atom. The second-order valence-corrected chi connectivity index (χ2v) is 2.79. The van der Waals surface area contributed by atoms with Crippen molar-refractivity contribution in [1.82, 2.24) is 0 Å². The van der Waals surface area contributed by atoms with Crippen LogP contribution in [0.5, 0.6) is 0 Å². The van der Waals surface area contributed by atoms with Crippen LogP contribution in [0.25, 0.3) is 11.1 Å². The average Bonchev–Trinajstić information content (AvgIpc) is 2.71. The first-order chi connectivity index (χ1) is 6.83. The highest BCUT2D eigenvalue weighted by molar-refractivity contribution is 5.64. The summed E-state index contributed by atoms with van der Waals surface area (Å²) in [6, 6.07) is 8.14. The van der Waals surface area contributed by atoms with Crippen molar-refractivity contribution >= 4 is 0 Å². The number of hydrogen-bond acceptors (Lipinski definition) is 2. The summed E-state index contributed by atoms with van der Waals surface area (Å²) in [7, 11) is 0. The summed E-state index contributed by atoms with van der Waals surface area (Å²) in [6.45, 7) is 0. The normalized spacial score (nSPS) is 9.71. The zero-order valence-electron chi connectivity index (χ0n) is 7.20. The lowest BCUT2D eigenvalue weighted by molar-refractivity contribution is 0.567. The van der Waals surface area contributed by atoms with E-state index in [0.29, 0.717) is 11.1 Å². The first-order valence-corrected chi connectivity index (χ1v) is 4.04. The molecule has 0 aliphatic carbocycles. The highest BCUT2D eigenvalue weighted by Crippen LogP contribution is 2.24. The lowest BCUT2D eigenvalue weighted by Crippen LogP contribution is -1.87. The van der Waals surface area contributed by atoms with E-state index in [9.17, 15) is 4.39 Å². The molecular formula is C11H6FNO. The molecule has 0 amide bonds. The summed E-state index contributed by atoms with van der Waals surface area (Å²) in [5.41, 5.74) is 1.07. The van der Waals surface area contributed by atoms with Crippen molar-refractivity contribution < 1.29 is 8.81 Å². The molecule has 14 heavy (non-hydrogen) atoms. The van der Waals surface area contributed by atoms with Crippen LogP contribution >= 0.6 is 0 Å². The van der Waals surface area contributed by atoms with Crippen LogP contribution in [0.3, 0.4) is 0 Å². The molecular weight excluding hydrogens is 181 g/mol. The van der Waals surface area contributed by atoms with Gasteiger partial charge in [0.1, 0.15) is 11.9 Å². The van der Waals surface area contributed by atoms with E-state index in [1.165, 1.54) is 18.6 Å². The van der Waals surface area contributed by atoms with E-state index in [0.717, 1.165) is 0 Å². The Bertz CT molecular complexity index is 482. The molecule has 0 atom stereocenters. The Kier molecular flexibility index (Phi) is 2.04. The molecule has 0 radical (unpaired) electrons. The Hall–Kier alpha value is -2.08. The van der Waals surface area contributed by atoms with Crippen LogP contribution < -0.4 is 0 Å². The maximum atomic E-state index is 13.6. The van der Waals surface area contributed by atoms with Crippen molar-refractivity contribution in [3.05, 3.63) is 48.2 Å². The molecule has 68 valence electrons. The van der Waals surface area contributed by atoms with E-state index in [2.05, 4.69) is 0 Å². The van der Waals surface area contributed by atoms with Crippen molar-refractivity contribution in [3.8, 4) is 17.2 Å². The summed E-state index contributed by atoms with van der Waals surface area (Å²) in [5.74, 6) is -0.503. The molecule has 0 N–H and O–H groups in total. The van der Waals surface area contributed by atoms with Crippen LogP contribution in [0.1, 0.15) is 5.56 Å². The lowest BCUT2D eigenvalue weighted by atomic mass is 10.1. The predicted octanol–water partition coefficient (Wildman–Crippen LogP) is 2.96. The van der Waals surface area contributed by atoms with Gasteiger partial charge >= 0.3 is 0 Å². The van der Waals surface area contributed by atoms with Gasteiger partial charge in [-0.1, -0.05) is 12.1 Å². The number of benzene rings is 1. The van der Waals surface area contributed by atoms with E-state index >= 15 is 0 Å². The summed E-state index contributed by atoms with van der Waals surface area (Å²) in [4.78, 5) is 0. The Labute approximate surface area is 80.2 Å². The molecule has 0 aliphatic rings. The lowest BCUT2D eigenvalue weighted by Gasteiger charge is -1.99. The molecule has 0 saturated heterocycles. The molecule has 2 nitrogen and oxygen atoms in total. The number of nitrogens with zero attached hydrogens (tertiary/aromatic N) is 1. The first kappa shape index (κ1) is 8.52. The number of furan rings is 1. The van der Waals surface area contributed by atoms with Gasteiger partial charge in [0.15, 0.2) is 0 Å². The van der Waals surface area contributed by atoms with Crippen molar-refractivity contribution in [1.29, 1.82) is 5.26 Å². The molecule has 0 bridgehead atoms. The van der Waals surface area contributed by atoms with Crippen LogP contribution in [-0.2, 0) is 0 Å². The summed E-state index contributed by atoms with van der Waals surface area (Å²) < 4.78 is 18.4. The fourth-order valence-corrected chi connectivity index (χ4v) is 1.26. The van der Waals surface area contributed by atoms with E-state index in [1.54, 1.807) is 24.3 Å². The Balaban J connectivity index is 2.61. The molecule has 0 unspecified atom stereocenters. The topological polar surface area (TPSA) is 36.9 Å². The van der Waals surface area contributed by atoms with Gasteiger partial charge < -0.3 is 4.42 Å². The summed E-state index contributed by atoms with van der Waals surface area (Å²) in [6.07, 6.45) is 2.91. The van der Waals surface area contributed by atoms with E-state index in [4.69, 9.17) is 9.68 Å². The number of halogens is 1. The largest absolute Gasteiger partial charge is 0.472 e. The molecule has 1 aromatic heterocycles. The van der Waals surface area contributed by atoms with Crippen LogP contribution in [0.2, 0.25) is 0 Å². The molecule has 2 aromatic rings. The minimum absolute atomic E-state index is 0.0451. The van der Waals surface area contributed by atoms with Gasteiger partial charge in [-0.3, -0.25) is 0 Å². The van der Waals surface area contributed by atoms with Crippen molar-refractivity contribution in [2.45, 2.75) is 0 Å². The zero-order valence-corrected chi connectivity index (χ0v) is 7.20. The predicted molar refractivity (Wildman–Crippen MR) is 48.8 cm³/mol.